The number of hydrogen-bond donors (Lipinski definition) is 2. The van der Waals surface area contributed by atoms with Crippen LogP contribution < -0.4 is 0 Å². The van der Waals surface area contributed by atoms with Gasteiger partial charge in [-0.25, -0.2) is 0 Å². The quantitative estimate of drug-likeness (QED) is 0.613. The summed E-state index contributed by atoms with van der Waals surface area (Å²) in [7, 11) is 0. The van der Waals surface area contributed by atoms with Crippen LogP contribution in [0.25, 0.3) is 0 Å². The lowest BCUT2D eigenvalue weighted by Crippen LogP contribution is -2.27. The molecule has 0 saturated heterocycles. The maximum Gasteiger partial charge on any atom is 0.121 e. The van der Waals surface area contributed by atoms with Gasteiger partial charge in [-0.2, -0.15) is 0 Å². The third-order valence-electron chi connectivity index (χ3n) is 1.55. The van der Waals surface area contributed by atoms with E-state index in [1.165, 1.54) is 6.26 Å². The van der Waals surface area contributed by atoms with Crippen LogP contribution in [0.1, 0.15) is 27.2 Å². The summed E-state index contributed by atoms with van der Waals surface area (Å²) in [5.74, 6) is 0. The standard InChI is InChI=1S/C9H18O3/c1-4-5-12-8(3)9(11)6-7(2)10/h4-5,7-11H,6H2,1-3H3. The predicted octanol–water partition coefficient (Wildman–Crippen LogP) is 1.06. The average Bonchev–Trinajstić information content (AvgIpc) is 1.98. The summed E-state index contributed by atoms with van der Waals surface area (Å²) in [5.41, 5.74) is 0. The van der Waals surface area contributed by atoms with Crippen molar-refractivity contribution in [1.29, 1.82) is 0 Å². The minimum atomic E-state index is -0.610. The number of aliphatic hydroxyl groups is 2. The van der Waals surface area contributed by atoms with Gasteiger partial charge in [0.1, 0.15) is 6.10 Å². The van der Waals surface area contributed by atoms with Crippen molar-refractivity contribution in [2.45, 2.75) is 45.5 Å². The predicted molar refractivity (Wildman–Crippen MR) is 47.7 cm³/mol. The molecule has 12 heavy (non-hydrogen) atoms. The molecular weight excluding hydrogens is 156 g/mol. The van der Waals surface area contributed by atoms with E-state index in [1.807, 2.05) is 6.92 Å². The highest BCUT2D eigenvalue weighted by molar-refractivity contribution is 4.72. The molecule has 0 fully saturated rings. The normalized spacial score (nSPS) is 19.1. The lowest BCUT2D eigenvalue weighted by atomic mass is 10.1. The fraction of sp³-hybridized carbons (Fsp3) is 0.778. The molecule has 0 bridgehead atoms. The minimum Gasteiger partial charge on any atom is -0.496 e. The molecule has 72 valence electrons. The van der Waals surface area contributed by atoms with Crippen LogP contribution in [0.2, 0.25) is 0 Å². The molecule has 0 aromatic carbocycles. The number of ether oxygens (including phenoxy) is 1. The van der Waals surface area contributed by atoms with Gasteiger partial charge in [0.25, 0.3) is 0 Å². The van der Waals surface area contributed by atoms with E-state index in [2.05, 4.69) is 0 Å². The summed E-state index contributed by atoms with van der Waals surface area (Å²) >= 11 is 0. The Labute approximate surface area is 73.7 Å². The molecule has 0 amide bonds. The lowest BCUT2D eigenvalue weighted by molar-refractivity contribution is -0.00686. The smallest absolute Gasteiger partial charge is 0.121 e. The maximum atomic E-state index is 9.40. The summed E-state index contributed by atoms with van der Waals surface area (Å²) in [6.07, 6.45) is 2.27. The zero-order valence-corrected chi connectivity index (χ0v) is 7.90. The van der Waals surface area contributed by atoms with Gasteiger partial charge in [-0.15, -0.1) is 0 Å². The fourth-order valence-corrected chi connectivity index (χ4v) is 0.834. The highest BCUT2D eigenvalue weighted by atomic mass is 16.5. The Bertz CT molecular complexity index is 132. The van der Waals surface area contributed by atoms with Crippen molar-refractivity contribution >= 4 is 0 Å². The second kappa shape index (κ2) is 6.03. The zero-order chi connectivity index (χ0) is 9.56. The van der Waals surface area contributed by atoms with Gasteiger partial charge < -0.3 is 14.9 Å². The van der Waals surface area contributed by atoms with Gasteiger partial charge in [0.2, 0.25) is 0 Å². The van der Waals surface area contributed by atoms with Crippen molar-refractivity contribution in [1.82, 2.24) is 0 Å². The van der Waals surface area contributed by atoms with Crippen LogP contribution in [0.5, 0.6) is 0 Å². The Kier molecular flexibility index (Phi) is 5.76. The van der Waals surface area contributed by atoms with Crippen LogP contribution in [0.15, 0.2) is 12.3 Å². The van der Waals surface area contributed by atoms with Gasteiger partial charge in [-0.3, -0.25) is 0 Å². The molecule has 3 nitrogen and oxygen atoms in total. The Morgan fingerprint density at radius 2 is 1.92 bits per heavy atom. The molecular formula is C9H18O3. The Balaban J connectivity index is 3.68. The van der Waals surface area contributed by atoms with E-state index >= 15 is 0 Å². The molecule has 3 atom stereocenters. The van der Waals surface area contributed by atoms with E-state index in [1.54, 1.807) is 19.9 Å². The lowest BCUT2D eigenvalue weighted by Gasteiger charge is -2.19. The summed E-state index contributed by atoms with van der Waals surface area (Å²) in [6.45, 7) is 5.26. The molecule has 0 heterocycles. The molecule has 0 radical (unpaired) electrons. The van der Waals surface area contributed by atoms with Crippen molar-refractivity contribution in [2.24, 2.45) is 0 Å². The molecule has 0 aliphatic carbocycles. The molecule has 0 aromatic heterocycles. The third-order valence-corrected chi connectivity index (χ3v) is 1.55. The van der Waals surface area contributed by atoms with Crippen molar-refractivity contribution in [2.75, 3.05) is 0 Å². The molecule has 0 aromatic rings. The monoisotopic (exact) mass is 174 g/mol. The summed E-state index contributed by atoms with van der Waals surface area (Å²) in [4.78, 5) is 0. The second-order valence-electron chi connectivity index (χ2n) is 2.96. The third kappa shape index (κ3) is 5.16. The number of hydrogen-bond acceptors (Lipinski definition) is 3. The first kappa shape index (κ1) is 11.5. The van der Waals surface area contributed by atoms with E-state index < -0.39 is 12.2 Å². The minimum absolute atomic E-state index is 0.268. The van der Waals surface area contributed by atoms with Crippen LogP contribution >= 0.6 is 0 Å². The largest absolute Gasteiger partial charge is 0.496 e. The Morgan fingerprint density at radius 1 is 1.33 bits per heavy atom. The van der Waals surface area contributed by atoms with E-state index in [0.717, 1.165) is 0 Å². The first-order valence-corrected chi connectivity index (χ1v) is 4.20. The number of rotatable bonds is 5. The van der Waals surface area contributed by atoms with Crippen LogP contribution in [-0.4, -0.2) is 28.5 Å². The molecule has 0 aliphatic heterocycles. The van der Waals surface area contributed by atoms with Crippen molar-refractivity contribution < 1.29 is 14.9 Å². The highest BCUT2D eigenvalue weighted by Gasteiger charge is 2.15. The van der Waals surface area contributed by atoms with Crippen molar-refractivity contribution in [3.05, 3.63) is 12.3 Å². The number of allylic oxidation sites excluding steroid dienone is 1. The van der Waals surface area contributed by atoms with Gasteiger partial charge in [0.05, 0.1) is 18.5 Å². The first-order valence-electron chi connectivity index (χ1n) is 4.20. The van der Waals surface area contributed by atoms with Crippen molar-refractivity contribution in [3.8, 4) is 0 Å². The molecule has 3 unspecified atom stereocenters. The van der Waals surface area contributed by atoms with Gasteiger partial charge >= 0.3 is 0 Å². The fourth-order valence-electron chi connectivity index (χ4n) is 0.834. The number of aliphatic hydroxyl groups excluding tert-OH is 2. The Hall–Kier alpha value is -0.540. The van der Waals surface area contributed by atoms with E-state index in [0.29, 0.717) is 6.42 Å². The average molecular weight is 174 g/mol. The van der Waals surface area contributed by atoms with Crippen LogP contribution in [-0.2, 0) is 4.74 Å². The van der Waals surface area contributed by atoms with E-state index in [4.69, 9.17) is 9.84 Å². The second-order valence-corrected chi connectivity index (χ2v) is 2.96. The first-order chi connectivity index (χ1) is 5.57. The molecule has 0 spiro atoms. The van der Waals surface area contributed by atoms with Gasteiger partial charge in [-0.1, -0.05) is 6.08 Å². The summed E-state index contributed by atoms with van der Waals surface area (Å²) in [5, 5.41) is 18.4. The summed E-state index contributed by atoms with van der Waals surface area (Å²) in [6, 6.07) is 0. The van der Waals surface area contributed by atoms with Crippen molar-refractivity contribution in [3.63, 3.8) is 0 Å². The summed E-state index contributed by atoms with van der Waals surface area (Å²) < 4.78 is 5.11. The molecule has 2 N–H and O–H groups in total. The van der Waals surface area contributed by atoms with E-state index in [-0.39, 0.29) is 6.10 Å². The molecule has 0 aliphatic rings. The molecule has 0 saturated carbocycles. The van der Waals surface area contributed by atoms with Crippen LogP contribution in [0.4, 0.5) is 0 Å². The SMILES string of the molecule is CC=COC(C)C(O)CC(C)O. The van der Waals surface area contributed by atoms with Gasteiger partial charge in [0.15, 0.2) is 0 Å². The maximum absolute atomic E-state index is 9.40. The highest BCUT2D eigenvalue weighted by Crippen LogP contribution is 2.06. The van der Waals surface area contributed by atoms with Crippen LogP contribution in [0, 0.1) is 0 Å². The topological polar surface area (TPSA) is 49.7 Å². The van der Waals surface area contributed by atoms with E-state index in [9.17, 15) is 5.11 Å². The van der Waals surface area contributed by atoms with Gasteiger partial charge in [0, 0.05) is 6.42 Å². The Morgan fingerprint density at radius 3 is 2.33 bits per heavy atom. The van der Waals surface area contributed by atoms with Crippen LogP contribution in [0.3, 0.4) is 0 Å². The molecule has 3 heteroatoms. The molecule has 0 rings (SSSR count). The van der Waals surface area contributed by atoms with Gasteiger partial charge in [-0.05, 0) is 20.8 Å². The zero-order valence-electron chi connectivity index (χ0n) is 7.90.